The van der Waals surface area contributed by atoms with E-state index in [1.54, 1.807) is 6.20 Å². The van der Waals surface area contributed by atoms with E-state index in [0.717, 1.165) is 18.5 Å². The molecule has 0 N–H and O–H groups in total. The Labute approximate surface area is 162 Å². The van der Waals surface area contributed by atoms with Crippen LogP contribution in [0.3, 0.4) is 0 Å². The second kappa shape index (κ2) is 8.92. The van der Waals surface area contributed by atoms with Gasteiger partial charge in [0.15, 0.2) is 0 Å². The number of esters is 1. The van der Waals surface area contributed by atoms with E-state index in [0.29, 0.717) is 5.06 Å². The number of hydrogen-bond acceptors (Lipinski definition) is 8. The average Bonchev–Trinajstić information content (AvgIpc) is 3.22. The van der Waals surface area contributed by atoms with Gasteiger partial charge in [-0.15, -0.1) is 5.06 Å². The molecule has 2 fully saturated rings. The number of amides is 2. The predicted molar refractivity (Wildman–Crippen MR) is 95.1 cm³/mol. The molecular weight excluding hydrogens is 366 g/mol. The highest BCUT2D eigenvalue weighted by Crippen LogP contribution is 2.35. The third-order valence-corrected chi connectivity index (χ3v) is 4.99. The number of carbonyl (C=O) groups excluding carboxylic acids is 4. The van der Waals surface area contributed by atoms with Crippen LogP contribution in [-0.2, 0) is 28.8 Å². The summed E-state index contributed by atoms with van der Waals surface area (Å²) in [6, 6.07) is 4.01. The topological polar surface area (TPSA) is 106 Å². The second-order valence-electron chi connectivity index (χ2n) is 6.99. The van der Waals surface area contributed by atoms with E-state index in [9.17, 15) is 19.2 Å². The quantitative estimate of drug-likeness (QED) is 0.502. The van der Waals surface area contributed by atoms with Gasteiger partial charge in [-0.25, -0.2) is 4.79 Å². The van der Waals surface area contributed by atoms with Crippen molar-refractivity contribution < 1.29 is 28.8 Å². The lowest BCUT2D eigenvalue weighted by Crippen LogP contribution is -2.32. The standard InChI is InChI=1S/C19H23N3O6/c1-21-10-8-14(19(21)13-3-2-9-20-11-13)12-27-17(25)6-7-18(26)28-22-15(23)4-5-16(22)24/h2-3,9,11,14,19H,4-8,10,12H2,1H3. The van der Waals surface area contributed by atoms with Crippen LogP contribution in [0.5, 0.6) is 0 Å². The molecule has 2 amide bonds. The minimum absolute atomic E-state index is 0.0299. The molecule has 1 aromatic rings. The zero-order chi connectivity index (χ0) is 20.1. The maximum atomic E-state index is 12.0. The first-order valence-corrected chi connectivity index (χ1v) is 9.28. The van der Waals surface area contributed by atoms with E-state index in [2.05, 4.69) is 9.88 Å². The van der Waals surface area contributed by atoms with Gasteiger partial charge in [-0.05, 0) is 31.6 Å². The zero-order valence-corrected chi connectivity index (χ0v) is 15.7. The van der Waals surface area contributed by atoms with Crippen LogP contribution >= 0.6 is 0 Å². The van der Waals surface area contributed by atoms with Crippen molar-refractivity contribution in [3.05, 3.63) is 30.1 Å². The lowest BCUT2D eigenvalue weighted by atomic mass is 9.96. The monoisotopic (exact) mass is 389 g/mol. The Hall–Kier alpha value is -2.81. The number of hydrogen-bond donors (Lipinski definition) is 0. The van der Waals surface area contributed by atoms with Crippen LogP contribution in [0.15, 0.2) is 24.5 Å². The molecule has 28 heavy (non-hydrogen) atoms. The van der Waals surface area contributed by atoms with E-state index in [-0.39, 0.29) is 44.2 Å². The van der Waals surface area contributed by atoms with Gasteiger partial charge in [0.25, 0.3) is 11.8 Å². The molecule has 0 bridgehead atoms. The lowest BCUT2D eigenvalue weighted by Gasteiger charge is -2.25. The Kier molecular flexibility index (Phi) is 6.35. The Morgan fingerprint density at radius 1 is 1.18 bits per heavy atom. The first-order chi connectivity index (χ1) is 13.5. The largest absolute Gasteiger partial charge is 0.465 e. The summed E-state index contributed by atoms with van der Waals surface area (Å²) < 4.78 is 5.35. The van der Waals surface area contributed by atoms with Crippen LogP contribution in [0, 0.1) is 5.92 Å². The number of aromatic nitrogens is 1. The summed E-state index contributed by atoms with van der Waals surface area (Å²) in [6.45, 7) is 1.15. The molecule has 0 aliphatic carbocycles. The molecule has 2 aliphatic rings. The van der Waals surface area contributed by atoms with Crippen LogP contribution in [0.4, 0.5) is 0 Å². The fourth-order valence-electron chi connectivity index (χ4n) is 3.56. The molecule has 9 heteroatoms. The Balaban J connectivity index is 1.43. The van der Waals surface area contributed by atoms with Gasteiger partial charge in [0.05, 0.1) is 19.4 Å². The first kappa shape index (κ1) is 19.9. The minimum Gasteiger partial charge on any atom is -0.465 e. The summed E-state index contributed by atoms with van der Waals surface area (Å²) in [7, 11) is 2.02. The molecule has 2 aliphatic heterocycles. The number of ether oxygens (including phenoxy) is 1. The van der Waals surface area contributed by atoms with E-state index in [1.165, 1.54) is 0 Å². The fraction of sp³-hybridized carbons (Fsp3) is 0.526. The SMILES string of the molecule is CN1CCC(COC(=O)CCC(=O)ON2C(=O)CCC2=O)C1c1cccnc1. The summed E-state index contributed by atoms with van der Waals surface area (Å²) in [5.74, 6) is -2.28. The van der Waals surface area contributed by atoms with Crippen molar-refractivity contribution in [3.63, 3.8) is 0 Å². The molecule has 150 valence electrons. The van der Waals surface area contributed by atoms with Crippen molar-refractivity contribution in [1.82, 2.24) is 14.9 Å². The highest BCUT2D eigenvalue weighted by molar-refractivity contribution is 6.01. The number of pyridine rings is 1. The normalized spacial score (nSPS) is 22.5. The average molecular weight is 389 g/mol. The van der Waals surface area contributed by atoms with E-state index >= 15 is 0 Å². The minimum atomic E-state index is -0.811. The van der Waals surface area contributed by atoms with Gasteiger partial charge in [0.2, 0.25) is 0 Å². The van der Waals surface area contributed by atoms with Crippen LogP contribution < -0.4 is 0 Å². The van der Waals surface area contributed by atoms with Crippen molar-refractivity contribution in [2.45, 2.75) is 38.1 Å². The van der Waals surface area contributed by atoms with Gasteiger partial charge in [-0.2, -0.15) is 0 Å². The van der Waals surface area contributed by atoms with Crippen LogP contribution in [0.2, 0.25) is 0 Å². The number of nitrogens with zero attached hydrogens (tertiary/aromatic N) is 3. The maximum Gasteiger partial charge on any atom is 0.333 e. The van der Waals surface area contributed by atoms with Crippen molar-refractivity contribution in [3.8, 4) is 0 Å². The molecule has 3 rings (SSSR count). The van der Waals surface area contributed by atoms with Gasteiger partial charge in [-0.3, -0.25) is 24.3 Å². The lowest BCUT2D eigenvalue weighted by molar-refractivity contribution is -0.197. The molecular formula is C19H23N3O6. The third kappa shape index (κ3) is 4.72. The molecule has 9 nitrogen and oxygen atoms in total. The molecule has 2 saturated heterocycles. The van der Waals surface area contributed by atoms with Gasteiger partial charge < -0.3 is 9.57 Å². The van der Waals surface area contributed by atoms with Crippen molar-refractivity contribution in [1.29, 1.82) is 0 Å². The van der Waals surface area contributed by atoms with Crippen LogP contribution in [-0.4, -0.2) is 58.9 Å². The number of imide groups is 1. The van der Waals surface area contributed by atoms with Gasteiger partial charge in [0, 0.05) is 37.2 Å². The molecule has 0 aromatic carbocycles. The maximum absolute atomic E-state index is 12.0. The summed E-state index contributed by atoms with van der Waals surface area (Å²) in [4.78, 5) is 57.6. The summed E-state index contributed by atoms with van der Waals surface area (Å²) in [5, 5.41) is 0.473. The van der Waals surface area contributed by atoms with Gasteiger partial charge in [-0.1, -0.05) is 6.07 Å². The van der Waals surface area contributed by atoms with Gasteiger partial charge >= 0.3 is 11.9 Å². The summed E-state index contributed by atoms with van der Waals surface area (Å²) >= 11 is 0. The third-order valence-electron chi connectivity index (χ3n) is 4.99. The fourth-order valence-corrected chi connectivity index (χ4v) is 3.56. The predicted octanol–water partition coefficient (Wildman–Crippen LogP) is 1.00. The number of hydroxylamine groups is 2. The molecule has 0 saturated carbocycles. The van der Waals surface area contributed by atoms with Gasteiger partial charge in [0.1, 0.15) is 0 Å². The number of rotatable bonds is 7. The smallest absolute Gasteiger partial charge is 0.333 e. The summed E-state index contributed by atoms with van der Waals surface area (Å²) in [5.41, 5.74) is 1.08. The van der Waals surface area contributed by atoms with Crippen molar-refractivity contribution >= 4 is 23.8 Å². The van der Waals surface area contributed by atoms with Crippen LogP contribution in [0.1, 0.15) is 43.7 Å². The van der Waals surface area contributed by atoms with Crippen molar-refractivity contribution in [2.24, 2.45) is 5.92 Å². The highest BCUT2D eigenvalue weighted by Gasteiger charge is 2.34. The van der Waals surface area contributed by atoms with E-state index in [1.807, 2.05) is 25.4 Å². The van der Waals surface area contributed by atoms with Crippen LogP contribution in [0.25, 0.3) is 0 Å². The summed E-state index contributed by atoms with van der Waals surface area (Å²) in [6.07, 6.45) is 4.06. The Bertz CT molecular complexity index is 737. The molecule has 1 aromatic heterocycles. The molecule has 3 heterocycles. The van der Waals surface area contributed by atoms with E-state index in [4.69, 9.17) is 9.57 Å². The Morgan fingerprint density at radius 3 is 2.57 bits per heavy atom. The zero-order valence-electron chi connectivity index (χ0n) is 15.7. The number of carbonyl (C=O) groups is 4. The molecule has 0 radical (unpaired) electrons. The molecule has 0 spiro atoms. The van der Waals surface area contributed by atoms with E-state index < -0.39 is 23.8 Å². The Morgan fingerprint density at radius 2 is 1.89 bits per heavy atom. The second-order valence-corrected chi connectivity index (χ2v) is 6.99. The molecule has 2 unspecified atom stereocenters. The first-order valence-electron chi connectivity index (χ1n) is 9.28. The molecule has 2 atom stereocenters. The number of likely N-dealkylation sites (tertiary alicyclic amines) is 1. The van der Waals surface area contributed by atoms with Crippen molar-refractivity contribution in [2.75, 3.05) is 20.2 Å². The highest BCUT2D eigenvalue weighted by atomic mass is 16.7.